The van der Waals surface area contributed by atoms with E-state index >= 15 is 0 Å². The summed E-state index contributed by atoms with van der Waals surface area (Å²) in [5, 5.41) is 3.64. The maximum atomic E-state index is 13.2. The smallest absolute Gasteiger partial charge is 0.248 e. The van der Waals surface area contributed by atoms with E-state index in [1.807, 2.05) is 30.3 Å². The van der Waals surface area contributed by atoms with E-state index in [4.69, 9.17) is 0 Å². The number of fused-ring (bicyclic) bond motifs is 1. The molecule has 32 heavy (non-hydrogen) atoms. The molecule has 1 aromatic heterocycles. The average Bonchev–Trinajstić information content (AvgIpc) is 2.82. The van der Waals surface area contributed by atoms with Crippen molar-refractivity contribution in [2.75, 3.05) is 19.6 Å². The summed E-state index contributed by atoms with van der Waals surface area (Å²) in [6.07, 6.45) is 1.29. The Labute approximate surface area is 187 Å². The Morgan fingerprint density at radius 2 is 1.94 bits per heavy atom. The summed E-state index contributed by atoms with van der Waals surface area (Å²) in [4.78, 5) is 27.1. The van der Waals surface area contributed by atoms with Gasteiger partial charge in [-0.1, -0.05) is 37.3 Å². The first-order valence-electron chi connectivity index (χ1n) is 10.8. The van der Waals surface area contributed by atoms with Crippen molar-refractivity contribution in [1.82, 2.24) is 14.6 Å². The predicted octanol–water partition coefficient (Wildman–Crippen LogP) is 2.85. The number of carbonyl (C=O) groups is 1. The van der Waals surface area contributed by atoms with Crippen LogP contribution in [-0.4, -0.2) is 43.2 Å². The molecule has 2 N–H and O–H groups in total. The van der Waals surface area contributed by atoms with E-state index in [0.29, 0.717) is 36.8 Å². The Balaban J connectivity index is 1.44. The number of aromatic nitrogens is 1. The molecule has 2 heterocycles. The van der Waals surface area contributed by atoms with Crippen LogP contribution in [0.2, 0.25) is 0 Å². The lowest BCUT2D eigenvalue weighted by Crippen LogP contribution is -2.45. The number of aromatic amines is 1. The topological polar surface area (TPSA) is 99.3 Å². The maximum absolute atomic E-state index is 13.2. The third-order valence-corrected chi connectivity index (χ3v) is 7.90. The lowest BCUT2D eigenvalue weighted by atomic mass is 9.97. The highest BCUT2D eigenvalue weighted by atomic mass is 32.2. The summed E-state index contributed by atoms with van der Waals surface area (Å²) in [6, 6.07) is 17.6. The van der Waals surface area contributed by atoms with Gasteiger partial charge in [-0.05, 0) is 54.0 Å². The minimum absolute atomic E-state index is 0.108. The largest absolute Gasteiger partial charge is 0.355 e. The highest BCUT2D eigenvalue weighted by molar-refractivity contribution is 7.89. The van der Waals surface area contributed by atoms with E-state index in [1.165, 1.54) is 16.4 Å². The number of hydrogen-bond acceptors (Lipinski definition) is 4. The van der Waals surface area contributed by atoms with E-state index in [2.05, 4.69) is 17.2 Å². The van der Waals surface area contributed by atoms with E-state index in [-0.39, 0.29) is 34.7 Å². The predicted molar refractivity (Wildman–Crippen MR) is 124 cm³/mol. The van der Waals surface area contributed by atoms with Crippen LogP contribution in [0.3, 0.4) is 0 Å². The van der Waals surface area contributed by atoms with Crippen LogP contribution in [0.4, 0.5) is 0 Å². The number of H-pyrrole nitrogens is 1. The summed E-state index contributed by atoms with van der Waals surface area (Å²) in [5.74, 6) is -0.310. The van der Waals surface area contributed by atoms with Gasteiger partial charge >= 0.3 is 0 Å². The molecular formula is C24H27N3O4S. The zero-order chi connectivity index (χ0) is 22.7. The molecule has 0 radical (unpaired) electrons. The molecule has 4 rings (SSSR count). The van der Waals surface area contributed by atoms with Crippen molar-refractivity contribution in [3.8, 4) is 0 Å². The SMILES string of the molecule is CC(CNC(=O)C1CCCN(S(=O)(=O)c2ccc3[nH]c(=O)ccc3c2)C1)c1ccccc1. The van der Waals surface area contributed by atoms with Gasteiger partial charge in [-0.3, -0.25) is 9.59 Å². The van der Waals surface area contributed by atoms with Crippen molar-refractivity contribution in [3.63, 3.8) is 0 Å². The average molecular weight is 454 g/mol. The zero-order valence-corrected chi connectivity index (χ0v) is 18.8. The number of nitrogens with one attached hydrogen (secondary N) is 2. The lowest BCUT2D eigenvalue weighted by Gasteiger charge is -2.31. The molecule has 168 valence electrons. The van der Waals surface area contributed by atoms with Crippen molar-refractivity contribution >= 4 is 26.8 Å². The number of sulfonamides is 1. The zero-order valence-electron chi connectivity index (χ0n) is 18.0. The monoisotopic (exact) mass is 453 g/mol. The van der Waals surface area contributed by atoms with Crippen molar-refractivity contribution in [1.29, 1.82) is 0 Å². The normalized spacial score (nSPS) is 18.3. The lowest BCUT2D eigenvalue weighted by molar-refractivity contribution is -0.126. The van der Waals surface area contributed by atoms with Gasteiger partial charge in [0.1, 0.15) is 0 Å². The molecule has 8 heteroatoms. The fraction of sp³-hybridized carbons (Fsp3) is 0.333. The molecule has 1 aliphatic heterocycles. The summed E-state index contributed by atoms with van der Waals surface area (Å²) < 4.78 is 27.9. The van der Waals surface area contributed by atoms with E-state index < -0.39 is 10.0 Å². The molecule has 0 bridgehead atoms. The second-order valence-corrected chi connectivity index (χ2v) is 10.3. The number of hydrogen-bond donors (Lipinski definition) is 2. The number of pyridine rings is 1. The van der Waals surface area contributed by atoms with Crippen LogP contribution in [-0.2, 0) is 14.8 Å². The van der Waals surface area contributed by atoms with E-state index in [9.17, 15) is 18.0 Å². The van der Waals surface area contributed by atoms with Crippen molar-refractivity contribution in [2.45, 2.75) is 30.6 Å². The molecule has 2 aromatic carbocycles. The van der Waals surface area contributed by atoms with Gasteiger partial charge in [-0.15, -0.1) is 0 Å². The molecule has 1 saturated heterocycles. The van der Waals surface area contributed by atoms with Gasteiger partial charge in [0.2, 0.25) is 21.5 Å². The maximum Gasteiger partial charge on any atom is 0.248 e. The van der Waals surface area contributed by atoms with Crippen LogP contribution in [0.1, 0.15) is 31.2 Å². The fourth-order valence-electron chi connectivity index (χ4n) is 4.11. The number of rotatable bonds is 6. The summed E-state index contributed by atoms with van der Waals surface area (Å²) in [6.45, 7) is 3.11. The van der Waals surface area contributed by atoms with Gasteiger partial charge in [-0.25, -0.2) is 8.42 Å². The van der Waals surface area contributed by atoms with Gasteiger partial charge in [0.15, 0.2) is 0 Å². The van der Waals surface area contributed by atoms with Crippen LogP contribution in [0.15, 0.2) is 70.4 Å². The van der Waals surface area contributed by atoms with Crippen molar-refractivity contribution in [2.24, 2.45) is 5.92 Å². The van der Waals surface area contributed by atoms with Crippen LogP contribution in [0.25, 0.3) is 10.9 Å². The van der Waals surface area contributed by atoms with Crippen molar-refractivity contribution < 1.29 is 13.2 Å². The second-order valence-electron chi connectivity index (χ2n) is 8.33. The molecule has 7 nitrogen and oxygen atoms in total. The first-order chi connectivity index (χ1) is 15.3. The molecule has 1 fully saturated rings. The minimum Gasteiger partial charge on any atom is -0.355 e. The summed E-state index contributed by atoms with van der Waals surface area (Å²) in [7, 11) is -3.74. The fourth-order valence-corrected chi connectivity index (χ4v) is 5.67. The minimum atomic E-state index is -3.74. The Morgan fingerprint density at radius 1 is 1.16 bits per heavy atom. The Bertz CT molecular complexity index is 1270. The third-order valence-electron chi connectivity index (χ3n) is 6.04. The molecule has 2 unspecified atom stereocenters. The number of piperidine rings is 1. The molecule has 1 amide bonds. The number of nitrogens with zero attached hydrogens (tertiary/aromatic N) is 1. The number of carbonyl (C=O) groups excluding carboxylic acids is 1. The summed E-state index contributed by atoms with van der Waals surface area (Å²) in [5.41, 5.74) is 1.50. The molecule has 2 atom stereocenters. The van der Waals surface area contributed by atoms with Gasteiger partial charge in [0.25, 0.3) is 0 Å². The van der Waals surface area contributed by atoms with Gasteiger partial charge < -0.3 is 10.3 Å². The highest BCUT2D eigenvalue weighted by Gasteiger charge is 2.33. The molecule has 0 aliphatic carbocycles. The molecule has 0 saturated carbocycles. The van der Waals surface area contributed by atoms with Gasteiger partial charge in [-0.2, -0.15) is 4.31 Å². The Hall–Kier alpha value is -2.97. The van der Waals surface area contributed by atoms with Crippen LogP contribution < -0.4 is 10.9 Å². The van der Waals surface area contributed by atoms with Crippen LogP contribution in [0, 0.1) is 5.92 Å². The third kappa shape index (κ3) is 4.76. The highest BCUT2D eigenvalue weighted by Crippen LogP contribution is 2.26. The Morgan fingerprint density at radius 3 is 2.72 bits per heavy atom. The standard InChI is InChI=1S/C24H27N3O4S/c1-17(18-6-3-2-4-7-18)15-25-24(29)20-8-5-13-27(16-20)32(30,31)21-10-11-22-19(14-21)9-12-23(28)26-22/h2-4,6-7,9-12,14,17,20H,5,8,13,15-16H2,1H3,(H,25,29)(H,26,28). The molecule has 1 aliphatic rings. The quantitative estimate of drug-likeness (QED) is 0.599. The first kappa shape index (κ1) is 22.2. The number of amides is 1. The molecule has 3 aromatic rings. The molecular weight excluding hydrogens is 426 g/mol. The van der Waals surface area contributed by atoms with Gasteiger partial charge in [0.05, 0.1) is 10.8 Å². The van der Waals surface area contributed by atoms with Crippen LogP contribution >= 0.6 is 0 Å². The summed E-state index contributed by atoms with van der Waals surface area (Å²) >= 11 is 0. The second kappa shape index (κ2) is 9.26. The number of benzene rings is 2. The van der Waals surface area contributed by atoms with Crippen molar-refractivity contribution in [3.05, 3.63) is 76.6 Å². The van der Waals surface area contributed by atoms with Gasteiger partial charge in [0, 0.05) is 31.2 Å². The molecule has 0 spiro atoms. The Kier molecular flexibility index (Phi) is 6.43. The first-order valence-corrected chi connectivity index (χ1v) is 12.2. The van der Waals surface area contributed by atoms with E-state index in [1.54, 1.807) is 18.2 Å². The van der Waals surface area contributed by atoms with Crippen LogP contribution in [0.5, 0.6) is 0 Å². The van der Waals surface area contributed by atoms with E-state index in [0.717, 1.165) is 5.56 Å².